The van der Waals surface area contributed by atoms with Crippen molar-refractivity contribution in [3.8, 4) is 0 Å². The smallest absolute Gasteiger partial charge is 0.179 e. The molecule has 2 aliphatic heterocycles. The standard InChI is InChI=1S/C25H32Cl2N6O/c1-15-13-31(10-8-22(15)32-9-4-5-19(32)14-34)23-12-28-24-16(2)30-33(25(24)29-23)17(3)20-7-6-18(26)11-21(20)27/h6-7,11-12,15,17,19,22,34H,4-5,8-10,13-14H2,1-3H3/t15-,17-,19?,22+/m1/s1. The molecule has 0 spiro atoms. The van der Waals surface area contributed by atoms with E-state index in [4.69, 9.17) is 38.3 Å². The van der Waals surface area contributed by atoms with Crippen molar-refractivity contribution in [1.82, 2.24) is 24.6 Å². The number of aliphatic hydroxyl groups excluding tert-OH is 1. The van der Waals surface area contributed by atoms with E-state index in [0.717, 1.165) is 60.7 Å². The molecule has 1 aromatic carbocycles. The fraction of sp³-hybridized carbons (Fsp3) is 0.560. The number of likely N-dealkylation sites (tertiary alicyclic amines) is 1. The molecular weight excluding hydrogens is 471 g/mol. The van der Waals surface area contributed by atoms with Gasteiger partial charge in [0, 0.05) is 35.2 Å². The van der Waals surface area contributed by atoms with Crippen LogP contribution in [-0.4, -0.2) is 68.1 Å². The van der Waals surface area contributed by atoms with Gasteiger partial charge in [-0.05, 0) is 63.3 Å². The SMILES string of the molecule is Cc1nn([C@H](C)c2ccc(Cl)cc2Cl)c2nc(N3CC[C@H](N4CCCC4CO)[C@H](C)C3)cnc12. The van der Waals surface area contributed by atoms with Gasteiger partial charge in [0.15, 0.2) is 5.65 Å². The summed E-state index contributed by atoms with van der Waals surface area (Å²) in [4.78, 5) is 14.7. The summed E-state index contributed by atoms with van der Waals surface area (Å²) in [6.45, 7) is 9.54. The molecule has 1 unspecified atom stereocenters. The summed E-state index contributed by atoms with van der Waals surface area (Å²) in [6, 6.07) is 6.27. The molecule has 2 saturated heterocycles. The maximum atomic E-state index is 9.78. The Morgan fingerprint density at radius 1 is 1.21 bits per heavy atom. The van der Waals surface area contributed by atoms with Gasteiger partial charge in [-0.3, -0.25) is 4.90 Å². The second-order valence-electron chi connectivity index (χ2n) is 9.77. The lowest BCUT2D eigenvalue weighted by Crippen LogP contribution is -2.52. The zero-order valence-electron chi connectivity index (χ0n) is 20.0. The highest BCUT2D eigenvalue weighted by Gasteiger charge is 2.36. The number of nitrogens with zero attached hydrogens (tertiary/aromatic N) is 6. The Balaban J connectivity index is 1.41. The number of anilines is 1. The summed E-state index contributed by atoms with van der Waals surface area (Å²) in [5.74, 6) is 1.37. The van der Waals surface area contributed by atoms with Crippen molar-refractivity contribution < 1.29 is 5.11 Å². The molecular formula is C25H32Cl2N6O. The molecule has 0 radical (unpaired) electrons. The first-order valence-electron chi connectivity index (χ1n) is 12.2. The van der Waals surface area contributed by atoms with Gasteiger partial charge < -0.3 is 10.0 Å². The number of aryl methyl sites for hydroxylation is 1. The number of fused-ring (bicyclic) bond motifs is 1. The topological polar surface area (TPSA) is 70.3 Å². The van der Waals surface area contributed by atoms with Crippen LogP contribution in [0, 0.1) is 12.8 Å². The lowest BCUT2D eigenvalue weighted by atomic mass is 9.92. The number of halogens is 2. The van der Waals surface area contributed by atoms with Crippen LogP contribution in [0.15, 0.2) is 24.4 Å². The lowest BCUT2D eigenvalue weighted by molar-refractivity contribution is 0.0800. The number of hydrogen-bond donors (Lipinski definition) is 1. The molecule has 4 atom stereocenters. The molecule has 0 bridgehead atoms. The van der Waals surface area contributed by atoms with Gasteiger partial charge in [-0.25, -0.2) is 14.6 Å². The van der Waals surface area contributed by atoms with Crippen molar-refractivity contribution in [2.75, 3.05) is 31.1 Å². The minimum Gasteiger partial charge on any atom is -0.395 e. The van der Waals surface area contributed by atoms with E-state index in [-0.39, 0.29) is 12.6 Å². The monoisotopic (exact) mass is 502 g/mol. The third-order valence-corrected chi connectivity index (χ3v) is 8.14. The van der Waals surface area contributed by atoms with Gasteiger partial charge in [-0.1, -0.05) is 36.2 Å². The number of rotatable bonds is 5. The van der Waals surface area contributed by atoms with E-state index in [1.807, 2.05) is 29.9 Å². The molecule has 5 rings (SSSR count). The van der Waals surface area contributed by atoms with Gasteiger partial charge in [0.1, 0.15) is 11.3 Å². The van der Waals surface area contributed by atoms with Gasteiger partial charge in [-0.2, -0.15) is 5.10 Å². The van der Waals surface area contributed by atoms with Gasteiger partial charge in [0.2, 0.25) is 0 Å². The second kappa shape index (κ2) is 9.61. The van der Waals surface area contributed by atoms with Gasteiger partial charge in [0.05, 0.1) is 24.5 Å². The van der Waals surface area contributed by atoms with E-state index in [0.29, 0.717) is 28.0 Å². The first kappa shape index (κ1) is 23.8. The highest BCUT2D eigenvalue weighted by molar-refractivity contribution is 6.35. The molecule has 0 aliphatic carbocycles. The molecule has 0 saturated carbocycles. The Kier molecular flexibility index (Phi) is 6.73. The quantitative estimate of drug-likeness (QED) is 0.544. The predicted molar refractivity (Wildman–Crippen MR) is 137 cm³/mol. The fourth-order valence-corrected chi connectivity index (χ4v) is 6.33. The molecule has 2 aliphatic rings. The maximum Gasteiger partial charge on any atom is 0.179 e. The highest BCUT2D eigenvalue weighted by Crippen LogP contribution is 2.33. The van der Waals surface area contributed by atoms with Gasteiger partial charge >= 0.3 is 0 Å². The normalized spacial score (nSPS) is 24.8. The minimum atomic E-state index is -0.110. The zero-order valence-corrected chi connectivity index (χ0v) is 21.5. The summed E-state index contributed by atoms with van der Waals surface area (Å²) in [6.07, 6.45) is 5.22. The predicted octanol–water partition coefficient (Wildman–Crippen LogP) is 4.72. The van der Waals surface area contributed by atoms with E-state index in [1.165, 1.54) is 6.42 Å². The van der Waals surface area contributed by atoms with Crippen molar-refractivity contribution in [1.29, 1.82) is 0 Å². The minimum absolute atomic E-state index is 0.110. The van der Waals surface area contributed by atoms with Crippen LogP contribution in [0.2, 0.25) is 10.0 Å². The number of aliphatic hydroxyl groups is 1. The number of piperidine rings is 1. The summed E-state index contributed by atoms with van der Waals surface area (Å²) in [7, 11) is 0. The molecule has 2 fully saturated rings. The molecule has 34 heavy (non-hydrogen) atoms. The van der Waals surface area contributed by atoms with Crippen LogP contribution in [0.1, 0.15) is 50.4 Å². The van der Waals surface area contributed by atoms with Crippen molar-refractivity contribution in [3.63, 3.8) is 0 Å². The largest absolute Gasteiger partial charge is 0.395 e. The van der Waals surface area contributed by atoms with Gasteiger partial charge in [-0.15, -0.1) is 0 Å². The van der Waals surface area contributed by atoms with Crippen LogP contribution >= 0.6 is 23.2 Å². The van der Waals surface area contributed by atoms with E-state index in [9.17, 15) is 5.11 Å². The van der Waals surface area contributed by atoms with E-state index in [1.54, 1.807) is 6.07 Å². The third kappa shape index (κ3) is 4.28. The average Bonchev–Trinajstić information content (AvgIpc) is 3.42. The van der Waals surface area contributed by atoms with Crippen LogP contribution < -0.4 is 4.90 Å². The summed E-state index contributed by atoms with van der Waals surface area (Å²) >= 11 is 12.6. The zero-order chi connectivity index (χ0) is 24.0. The first-order chi connectivity index (χ1) is 16.4. The number of hydrogen-bond acceptors (Lipinski definition) is 6. The fourth-order valence-electron chi connectivity index (χ4n) is 5.76. The van der Waals surface area contributed by atoms with E-state index in [2.05, 4.69) is 23.6 Å². The molecule has 182 valence electrons. The first-order valence-corrected chi connectivity index (χ1v) is 12.9. The molecule has 1 N–H and O–H groups in total. The van der Waals surface area contributed by atoms with Crippen LogP contribution in [0.3, 0.4) is 0 Å². The maximum absolute atomic E-state index is 9.78. The van der Waals surface area contributed by atoms with Crippen molar-refractivity contribution in [3.05, 3.63) is 45.7 Å². The van der Waals surface area contributed by atoms with Gasteiger partial charge in [0.25, 0.3) is 0 Å². The Labute approximate surface area is 210 Å². The summed E-state index contributed by atoms with van der Waals surface area (Å²) < 4.78 is 1.92. The molecule has 9 heteroatoms. The Morgan fingerprint density at radius 2 is 2.03 bits per heavy atom. The average molecular weight is 503 g/mol. The highest BCUT2D eigenvalue weighted by atomic mass is 35.5. The molecule has 4 heterocycles. The Morgan fingerprint density at radius 3 is 2.76 bits per heavy atom. The Bertz CT molecular complexity index is 1180. The molecule has 2 aromatic heterocycles. The summed E-state index contributed by atoms with van der Waals surface area (Å²) in [5, 5.41) is 15.8. The number of benzene rings is 1. The van der Waals surface area contributed by atoms with Crippen LogP contribution in [0.5, 0.6) is 0 Å². The van der Waals surface area contributed by atoms with Crippen molar-refractivity contribution >= 4 is 40.2 Å². The molecule has 7 nitrogen and oxygen atoms in total. The van der Waals surface area contributed by atoms with Crippen LogP contribution in [-0.2, 0) is 0 Å². The number of aromatic nitrogens is 4. The van der Waals surface area contributed by atoms with E-state index < -0.39 is 0 Å². The second-order valence-corrected chi connectivity index (χ2v) is 10.6. The van der Waals surface area contributed by atoms with Crippen LogP contribution in [0.25, 0.3) is 11.2 Å². The van der Waals surface area contributed by atoms with Crippen molar-refractivity contribution in [2.45, 2.75) is 58.2 Å². The molecule has 0 amide bonds. The Hall–Kier alpha value is -1.93. The molecule has 3 aromatic rings. The lowest BCUT2D eigenvalue weighted by Gasteiger charge is -2.43. The third-order valence-electron chi connectivity index (χ3n) is 7.58. The summed E-state index contributed by atoms with van der Waals surface area (Å²) in [5.41, 5.74) is 3.37. The van der Waals surface area contributed by atoms with Crippen molar-refractivity contribution in [2.24, 2.45) is 5.92 Å². The van der Waals surface area contributed by atoms with E-state index >= 15 is 0 Å². The van der Waals surface area contributed by atoms with Crippen LogP contribution in [0.4, 0.5) is 5.82 Å².